The quantitative estimate of drug-likeness (QED) is 0.408. The van der Waals surface area contributed by atoms with Gasteiger partial charge in [0.25, 0.3) is 0 Å². The summed E-state index contributed by atoms with van der Waals surface area (Å²) in [7, 11) is 1.45. The summed E-state index contributed by atoms with van der Waals surface area (Å²) in [6, 6.07) is 5.33. The summed E-state index contributed by atoms with van der Waals surface area (Å²) in [4.78, 5) is 13.8. The first kappa shape index (κ1) is 23.5. The third-order valence-electron chi connectivity index (χ3n) is 6.66. The number of ether oxygens (including phenoxy) is 1. The Morgan fingerprint density at radius 3 is 2.55 bits per heavy atom. The van der Waals surface area contributed by atoms with E-state index in [-0.39, 0.29) is 11.8 Å². The van der Waals surface area contributed by atoms with Crippen LogP contribution in [0.3, 0.4) is 0 Å². The highest BCUT2D eigenvalue weighted by Gasteiger charge is 2.24. The fourth-order valence-electron chi connectivity index (χ4n) is 4.78. The van der Waals surface area contributed by atoms with Crippen molar-refractivity contribution in [1.82, 2.24) is 20.3 Å². The lowest BCUT2D eigenvalue weighted by Gasteiger charge is -2.24. The summed E-state index contributed by atoms with van der Waals surface area (Å²) < 4.78 is 19.2. The Hall–Kier alpha value is -2.68. The van der Waals surface area contributed by atoms with Gasteiger partial charge >= 0.3 is 0 Å². The van der Waals surface area contributed by atoms with Gasteiger partial charge in [-0.05, 0) is 56.7 Å². The summed E-state index contributed by atoms with van der Waals surface area (Å²) >= 11 is 0. The minimum Gasteiger partial charge on any atom is -0.494 e. The predicted octanol–water partition coefficient (Wildman–Crippen LogP) is 4.70. The molecule has 2 heterocycles. The highest BCUT2D eigenvalue weighted by atomic mass is 19.1. The Balaban J connectivity index is 1.52. The Kier molecular flexibility index (Phi) is 8.15. The molecule has 9 heteroatoms. The van der Waals surface area contributed by atoms with Crippen LogP contribution in [0.2, 0.25) is 0 Å². The van der Waals surface area contributed by atoms with E-state index in [1.807, 2.05) is 0 Å². The van der Waals surface area contributed by atoms with E-state index < -0.39 is 5.82 Å². The van der Waals surface area contributed by atoms with Crippen molar-refractivity contribution in [3.05, 3.63) is 24.0 Å². The van der Waals surface area contributed by atoms with E-state index in [1.54, 1.807) is 12.1 Å². The van der Waals surface area contributed by atoms with Crippen molar-refractivity contribution in [2.45, 2.75) is 70.4 Å². The second-order valence-corrected chi connectivity index (χ2v) is 9.03. The molecule has 0 radical (unpaired) electrons. The fourth-order valence-corrected chi connectivity index (χ4v) is 4.78. The van der Waals surface area contributed by atoms with Crippen molar-refractivity contribution in [3.63, 3.8) is 0 Å². The molecule has 2 fully saturated rings. The number of aromatic nitrogens is 3. The van der Waals surface area contributed by atoms with Crippen molar-refractivity contribution in [2.75, 3.05) is 36.1 Å². The molecule has 1 aromatic carbocycles. The molecule has 4 rings (SSSR count). The van der Waals surface area contributed by atoms with Crippen LogP contribution in [0.25, 0.3) is 0 Å². The van der Waals surface area contributed by atoms with E-state index in [0.717, 1.165) is 25.9 Å². The molecule has 8 nitrogen and oxygen atoms in total. The van der Waals surface area contributed by atoms with Gasteiger partial charge in [0.1, 0.15) is 0 Å². The Labute approximate surface area is 195 Å². The molecular formula is C24H36FN7O. The maximum absolute atomic E-state index is 14.2. The molecule has 0 bridgehead atoms. The van der Waals surface area contributed by atoms with Gasteiger partial charge in [-0.25, -0.2) is 4.39 Å². The summed E-state index contributed by atoms with van der Waals surface area (Å²) in [6.45, 7) is 4.06. The van der Waals surface area contributed by atoms with Gasteiger partial charge in [0, 0.05) is 30.4 Å². The maximum Gasteiger partial charge on any atom is 0.233 e. The second kappa shape index (κ2) is 11.4. The van der Waals surface area contributed by atoms with Gasteiger partial charge in [0.15, 0.2) is 11.6 Å². The van der Waals surface area contributed by atoms with Crippen LogP contribution in [-0.4, -0.2) is 47.2 Å². The number of hydrogen-bond acceptors (Lipinski definition) is 8. The molecule has 0 amide bonds. The molecule has 2 aliphatic rings. The summed E-state index contributed by atoms with van der Waals surface area (Å²) in [5.74, 6) is 1.83. The zero-order valence-electron chi connectivity index (χ0n) is 19.7. The standard InChI is InChI=1S/C24H36FN7O/c1-3-19(20-10-7-13-26-20)29-24-31-22(27-15-16-8-5-4-6-9-16)30-23(32-24)28-17-11-12-21(33-2)18(25)14-17/h11-12,14,16,19-20,26H,3-10,13,15H2,1-2H3,(H3,27,28,29,30,31,32)/t19?,20-/m0/s1. The van der Waals surface area contributed by atoms with Crippen molar-refractivity contribution >= 4 is 23.5 Å². The summed E-state index contributed by atoms with van der Waals surface area (Å²) in [6.07, 6.45) is 9.67. The minimum atomic E-state index is -0.441. The third-order valence-corrected chi connectivity index (χ3v) is 6.66. The smallest absolute Gasteiger partial charge is 0.233 e. The van der Waals surface area contributed by atoms with Crippen LogP contribution < -0.4 is 26.0 Å². The normalized spacial score (nSPS) is 19.8. The first-order chi connectivity index (χ1) is 16.1. The van der Waals surface area contributed by atoms with Crippen molar-refractivity contribution in [1.29, 1.82) is 0 Å². The first-order valence-corrected chi connectivity index (χ1v) is 12.2. The van der Waals surface area contributed by atoms with Crippen LogP contribution in [0.5, 0.6) is 5.75 Å². The zero-order valence-corrected chi connectivity index (χ0v) is 19.7. The average molecular weight is 458 g/mol. The number of halogens is 1. The highest BCUT2D eigenvalue weighted by molar-refractivity contribution is 5.57. The predicted molar refractivity (Wildman–Crippen MR) is 130 cm³/mol. The van der Waals surface area contributed by atoms with Gasteiger partial charge in [-0.1, -0.05) is 26.2 Å². The van der Waals surface area contributed by atoms with Crippen LogP contribution in [-0.2, 0) is 0 Å². The van der Waals surface area contributed by atoms with Gasteiger partial charge in [-0.2, -0.15) is 15.0 Å². The number of nitrogens with one attached hydrogen (secondary N) is 4. The lowest BCUT2D eigenvalue weighted by molar-refractivity contribution is 0.373. The van der Waals surface area contributed by atoms with Crippen LogP contribution in [0.15, 0.2) is 18.2 Å². The SMILES string of the molecule is CCC(Nc1nc(NCC2CCCCC2)nc(Nc2ccc(OC)c(F)c2)n1)[C@@H]1CCCN1. The van der Waals surface area contributed by atoms with Crippen LogP contribution >= 0.6 is 0 Å². The number of methoxy groups -OCH3 is 1. The average Bonchev–Trinajstić information content (AvgIpc) is 3.37. The monoisotopic (exact) mass is 457 g/mol. The molecule has 1 aromatic heterocycles. The minimum absolute atomic E-state index is 0.197. The number of rotatable bonds is 10. The van der Waals surface area contributed by atoms with Crippen molar-refractivity contribution < 1.29 is 9.13 Å². The molecule has 1 unspecified atom stereocenters. The first-order valence-electron chi connectivity index (χ1n) is 12.2. The lowest BCUT2D eigenvalue weighted by atomic mass is 9.89. The number of anilines is 4. The summed E-state index contributed by atoms with van der Waals surface area (Å²) in [5.41, 5.74) is 0.549. The lowest BCUT2D eigenvalue weighted by Crippen LogP contribution is -2.40. The fraction of sp³-hybridized carbons (Fsp3) is 0.625. The molecule has 33 heavy (non-hydrogen) atoms. The molecule has 0 spiro atoms. The topological polar surface area (TPSA) is 96.0 Å². The Bertz CT molecular complexity index is 900. The summed E-state index contributed by atoms with van der Waals surface area (Å²) in [5, 5.41) is 13.6. The zero-order chi connectivity index (χ0) is 23.0. The molecule has 1 aliphatic carbocycles. The molecule has 1 aliphatic heterocycles. The number of nitrogens with zero attached hydrogens (tertiary/aromatic N) is 3. The van der Waals surface area contributed by atoms with Crippen LogP contribution in [0, 0.1) is 11.7 Å². The number of benzene rings is 1. The molecule has 2 atom stereocenters. The molecule has 1 saturated heterocycles. The van der Waals surface area contributed by atoms with E-state index >= 15 is 0 Å². The van der Waals surface area contributed by atoms with E-state index in [2.05, 4.69) is 43.1 Å². The molecular weight excluding hydrogens is 421 g/mol. The van der Waals surface area contributed by atoms with Gasteiger partial charge in [-0.3, -0.25) is 0 Å². The third kappa shape index (κ3) is 6.43. The van der Waals surface area contributed by atoms with E-state index in [1.165, 1.54) is 51.7 Å². The van der Waals surface area contributed by atoms with Crippen LogP contribution in [0.4, 0.5) is 27.9 Å². The molecule has 2 aromatic rings. The van der Waals surface area contributed by atoms with Gasteiger partial charge in [0.05, 0.1) is 7.11 Å². The van der Waals surface area contributed by atoms with E-state index in [0.29, 0.717) is 35.5 Å². The molecule has 4 N–H and O–H groups in total. The van der Waals surface area contributed by atoms with Gasteiger partial charge in [-0.15, -0.1) is 0 Å². The van der Waals surface area contributed by atoms with Crippen LogP contribution in [0.1, 0.15) is 58.3 Å². The van der Waals surface area contributed by atoms with E-state index in [9.17, 15) is 4.39 Å². The molecule has 180 valence electrons. The Morgan fingerprint density at radius 1 is 1.06 bits per heavy atom. The van der Waals surface area contributed by atoms with Gasteiger partial charge in [0.2, 0.25) is 17.8 Å². The van der Waals surface area contributed by atoms with Crippen molar-refractivity contribution in [2.24, 2.45) is 5.92 Å². The Morgan fingerprint density at radius 2 is 1.85 bits per heavy atom. The molecule has 1 saturated carbocycles. The van der Waals surface area contributed by atoms with Crippen molar-refractivity contribution in [3.8, 4) is 5.75 Å². The largest absolute Gasteiger partial charge is 0.494 e. The maximum atomic E-state index is 14.2. The highest BCUT2D eigenvalue weighted by Crippen LogP contribution is 2.25. The van der Waals surface area contributed by atoms with E-state index in [4.69, 9.17) is 4.74 Å². The second-order valence-electron chi connectivity index (χ2n) is 9.03. The number of hydrogen-bond donors (Lipinski definition) is 4. The van der Waals surface area contributed by atoms with Gasteiger partial charge < -0.3 is 26.0 Å².